The Kier molecular flexibility index (Phi) is 6.23. The SMILES string of the molecule is Cc1nc(-c2ccsc2)sc1C(=O)NCCSCc1ccccc1F. The van der Waals surface area contributed by atoms with Crippen LogP contribution in [0.2, 0.25) is 0 Å². The Labute approximate surface area is 158 Å². The summed E-state index contributed by atoms with van der Waals surface area (Å²) in [6.07, 6.45) is 0. The number of nitrogens with one attached hydrogen (secondary N) is 1. The van der Waals surface area contributed by atoms with Gasteiger partial charge in [0.15, 0.2) is 0 Å². The highest BCUT2D eigenvalue weighted by Gasteiger charge is 2.16. The van der Waals surface area contributed by atoms with Gasteiger partial charge in [-0.15, -0.1) is 11.3 Å². The third kappa shape index (κ3) is 4.68. The molecule has 25 heavy (non-hydrogen) atoms. The maximum Gasteiger partial charge on any atom is 0.263 e. The number of thiazole rings is 1. The van der Waals surface area contributed by atoms with Crippen LogP contribution in [0.15, 0.2) is 41.1 Å². The van der Waals surface area contributed by atoms with Gasteiger partial charge in [-0.05, 0) is 30.0 Å². The Bertz CT molecular complexity index is 846. The number of hydrogen-bond donors (Lipinski definition) is 1. The van der Waals surface area contributed by atoms with Crippen molar-refractivity contribution in [2.24, 2.45) is 0 Å². The lowest BCUT2D eigenvalue weighted by Crippen LogP contribution is -2.25. The number of hydrogen-bond acceptors (Lipinski definition) is 5. The molecule has 3 rings (SSSR count). The molecule has 0 aliphatic carbocycles. The molecule has 0 bridgehead atoms. The third-order valence-corrected chi connectivity index (χ3v) is 6.41. The predicted octanol–water partition coefficient (Wildman–Crippen LogP) is 4.98. The lowest BCUT2D eigenvalue weighted by atomic mass is 10.2. The molecule has 0 spiro atoms. The molecule has 0 atom stereocenters. The first-order valence-corrected chi connectivity index (χ1v) is 10.7. The lowest BCUT2D eigenvalue weighted by Gasteiger charge is -2.05. The lowest BCUT2D eigenvalue weighted by molar-refractivity contribution is 0.0959. The summed E-state index contributed by atoms with van der Waals surface area (Å²) in [5, 5.41) is 7.82. The van der Waals surface area contributed by atoms with Crippen LogP contribution in [0, 0.1) is 12.7 Å². The van der Waals surface area contributed by atoms with Gasteiger partial charge in [0.05, 0.1) is 5.69 Å². The number of thioether (sulfide) groups is 1. The normalized spacial score (nSPS) is 10.8. The minimum atomic E-state index is -0.180. The molecule has 3 aromatic rings. The molecule has 3 nitrogen and oxygen atoms in total. The maximum absolute atomic E-state index is 13.5. The summed E-state index contributed by atoms with van der Waals surface area (Å²) in [6, 6.07) is 8.77. The smallest absolute Gasteiger partial charge is 0.263 e. The second-order valence-corrected chi connectivity index (χ2v) is 8.23. The second-order valence-electron chi connectivity index (χ2n) is 5.35. The van der Waals surface area contributed by atoms with Crippen molar-refractivity contribution < 1.29 is 9.18 Å². The van der Waals surface area contributed by atoms with Crippen LogP contribution in [0.5, 0.6) is 0 Å². The van der Waals surface area contributed by atoms with Crippen molar-refractivity contribution in [3.63, 3.8) is 0 Å². The van der Waals surface area contributed by atoms with Crippen molar-refractivity contribution in [1.82, 2.24) is 10.3 Å². The van der Waals surface area contributed by atoms with Crippen LogP contribution < -0.4 is 5.32 Å². The number of rotatable bonds is 7. The number of benzene rings is 1. The summed E-state index contributed by atoms with van der Waals surface area (Å²) < 4.78 is 13.5. The fourth-order valence-electron chi connectivity index (χ4n) is 2.23. The van der Waals surface area contributed by atoms with Crippen molar-refractivity contribution in [3.05, 3.63) is 63.0 Å². The molecule has 0 aliphatic rings. The molecule has 1 amide bonds. The van der Waals surface area contributed by atoms with E-state index in [0.29, 0.717) is 22.7 Å². The van der Waals surface area contributed by atoms with Crippen LogP contribution >= 0.6 is 34.4 Å². The van der Waals surface area contributed by atoms with Crippen molar-refractivity contribution >= 4 is 40.3 Å². The summed E-state index contributed by atoms with van der Waals surface area (Å²) in [5.41, 5.74) is 2.50. The first-order valence-electron chi connectivity index (χ1n) is 7.74. The minimum absolute atomic E-state index is 0.0945. The molecule has 0 radical (unpaired) electrons. The zero-order chi connectivity index (χ0) is 17.6. The van der Waals surface area contributed by atoms with Crippen LogP contribution in [0.3, 0.4) is 0 Å². The molecular formula is C18H17FN2OS3. The zero-order valence-corrected chi connectivity index (χ0v) is 16.1. The predicted molar refractivity (Wildman–Crippen MR) is 105 cm³/mol. The van der Waals surface area contributed by atoms with Crippen LogP contribution in [0.4, 0.5) is 4.39 Å². The molecule has 2 heterocycles. The van der Waals surface area contributed by atoms with Gasteiger partial charge in [0.1, 0.15) is 15.7 Å². The molecule has 130 valence electrons. The summed E-state index contributed by atoms with van der Waals surface area (Å²) in [4.78, 5) is 17.5. The topological polar surface area (TPSA) is 42.0 Å². The van der Waals surface area contributed by atoms with Gasteiger partial charge < -0.3 is 5.32 Å². The summed E-state index contributed by atoms with van der Waals surface area (Å²) in [7, 11) is 0. The fourth-order valence-corrected chi connectivity index (χ4v) is 4.77. The van der Waals surface area contributed by atoms with E-state index >= 15 is 0 Å². The van der Waals surface area contributed by atoms with Gasteiger partial charge in [-0.2, -0.15) is 23.1 Å². The summed E-state index contributed by atoms with van der Waals surface area (Å²) in [6.45, 7) is 2.40. The van der Waals surface area contributed by atoms with Gasteiger partial charge in [0.25, 0.3) is 5.91 Å². The number of halogens is 1. The number of thiophene rings is 1. The van der Waals surface area contributed by atoms with E-state index < -0.39 is 0 Å². The second kappa shape index (κ2) is 8.60. The Morgan fingerprint density at radius 3 is 2.92 bits per heavy atom. The summed E-state index contributed by atoms with van der Waals surface area (Å²) in [5.74, 6) is 1.06. The van der Waals surface area contributed by atoms with E-state index in [2.05, 4.69) is 10.3 Å². The molecule has 1 aromatic carbocycles. The Balaban J connectivity index is 1.47. The van der Waals surface area contributed by atoms with Gasteiger partial charge in [-0.25, -0.2) is 9.37 Å². The third-order valence-electron chi connectivity index (χ3n) is 3.52. The van der Waals surface area contributed by atoms with Crippen molar-refractivity contribution in [2.45, 2.75) is 12.7 Å². The Hall–Kier alpha value is -1.70. The number of carbonyl (C=O) groups is 1. The van der Waals surface area contributed by atoms with E-state index in [0.717, 1.165) is 22.0 Å². The molecule has 0 saturated carbocycles. The highest BCUT2D eigenvalue weighted by atomic mass is 32.2. The average Bonchev–Trinajstić information content (AvgIpc) is 3.25. The molecule has 0 aliphatic heterocycles. The minimum Gasteiger partial charge on any atom is -0.350 e. The maximum atomic E-state index is 13.5. The highest BCUT2D eigenvalue weighted by molar-refractivity contribution is 7.98. The molecule has 1 N–H and O–H groups in total. The first-order chi connectivity index (χ1) is 12.1. The molecule has 7 heteroatoms. The zero-order valence-electron chi connectivity index (χ0n) is 13.6. The first kappa shape index (κ1) is 18.1. The number of nitrogens with zero attached hydrogens (tertiary/aromatic N) is 1. The molecule has 0 saturated heterocycles. The molecule has 0 fully saturated rings. The largest absolute Gasteiger partial charge is 0.350 e. The van der Waals surface area contributed by atoms with Gasteiger partial charge in [-0.3, -0.25) is 4.79 Å². The Morgan fingerprint density at radius 2 is 2.16 bits per heavy atom. The standard InChI is InChI=1S/C18H17FN2OS3/c1-12-16(25-18(21-12)14-6-8-23-11-14)17(22)20-7-9-24-10-13-4-2-3-5-15(13)19/h2-6,8,11H,7,9-10H2,1H3,(H,20,22). The highest BCUT2D eigenvalue weighted by Crippen LogP contribution is 2.29. The van der Waals surface area contributed by atoms with E-state index in [1.165, 1.54) is 17.4 Å². The average molecular weight is 393 g/mol. The van der Waals surface area contributed by atoms with E-state index in [1.807, 2.05) is 29.8 Å². The van der Waals surface area contributed by atoms with Crippen molar-refractivity contribution in [1.29, 1.82) is 0 Å². The van der Waals surface area contributed by atoms with Crippen LogP contribution in [-0.4, -0.2) is 23.2 Å². The van der Waals surface area contributed by atoms with Gasteiger partial charge in [0, 0.05) is 29.0 Å². The number of carbonyl (C=O) groups excluding carboxylic acids is 1. The van der Waals surface area contributed by atoms with Crippen LogP contribution in [-0.2, 0) is 5.75 Å². The van der Waals surface area contributed by atoms with E-state index in [4.69, 9.17) is 0 Å². The Morgan fingerprint density at radius 1 is 1.32 bits per heavy atom. The van der Waals surface area contributed by atoms with E-state index in [-0.39, 0.29) is 11.7 Å². The fraction of sp³-hybridized carbons (Fsp3) is 0.222. The quantitative estimate of drug-likeness (QED) is 0.577. The molecule has 0 unspecified atom stereocenters. The van der Waals surface area contributed by atoms with Gasteiger partial charge in [0.2, 0.25) is 0 Å². The summed E-state index contributed by atoms with van der Waals surface area (Å²) >= 11 is 4.63. The van der Waals surface area contributed by atoms with Gasteiger partial charge in [-0.1, -0.05) is 18.2 Å². The van der Waals surface area contributed by atoms with Gasteiger partial charge >= 0.3 is 0 Å². The monoisotopic (exact) mass is 392 g/mol. The molecular weight excluding hydrogens is 375 g/mol. The van der Waals surface area contributed by atoms with Crippen LogP contribution in [0.25, 0.3) is 10.6 Å². The van der Waals surface area contributed by atoms with Crippen molar-refractivity contribution in [2.75, 3.05) is 12.3 Å². The molecule has 2 aromatic heterocycles. The number of amides is 1. The van der Waals surface area contributed by atoms with Crippen LogP contribution in [0.1, 0.15) is 20.9 Å². The van der Waals surface area contributed by atoms with E-state index in [9.17, 15) is 9.18 Å². The number of aryl methyl sites for hydroxylation is 1. The van der Waals surface area contributed by atoms with Crippen molar-refractivity contribution in [3.8, 4) is 10.6 Å². The van der Waals surface area contributed by atoms with E-state index in [1.54, 1.807) is 35.2 Å². The number of aromatic nitrogens is 1.